The maximum Gasteiger partial charge on any atom is 0.124 e. The zero-order valence-corrected chi connectivity index (χ0v) is 17.4. The molecule has 0 bridgehead atoms. The molecule has 4 rings (SSSR count). The lowest BCUT2D eigenvalue weighted by molar-refractivity contribution is 0.302. The Kier molecular flexibility index (Phi) is 5.95. The molecule has 4 aromatic rings. The van der Waals surface area contributed by atoms with Gasteiger partial charge >= 0.3 is 0 Å². The number of para-hydroxylation sites is 2. The summed E-state index contributed by atoms with van der Waals surface area (Å²) >= 11 is 9.49. The van der Waals surface area contributed by atoms with Crippen LogP contribution in [0, 0.1) is 0 Å². The number of halogens is 2. The molecule has 0 aliphatic carbocycles. The summed E-state index contributed by atoms with van der Waals surface area (Å²) < 4.78 is 7.06. The molecule has 28 heavy (non-hydrogen) atoms. The van der Waals surface area contributed by atoms with Crippen LogP contribution in [0.5, 0.6) is 5.75 Å². The van der Waals surface area contributed by atoms with Gasteiger partial charge in [0.05, 0.1) is 17.6 Å². The molecule has 2 N–H and O–H groups in total. The van der Waals surface area contributed by atoms with Crippen LogP contribution in [0.2, 0.25) is 5.02 Å². The van der Waals surface area contributed by atoms with Gasteiger partial charge < -0.3 is 15.0 Å². The van der Waals surface area contributed by atoms with E-state index in [4.69, 9.17) is 16.3 Å². The lowest BCUT2D eigenvalue weighted by Crippen LogP contribution is -2.14. The first-order valence-corrected chi connectivity index (χ1v) is 10.1. The highest BCUT2D eigenvalue weighted by Crippen LogP contribution is 2.24. The lowest BCUT2D eigenvalue weighted by atomic mass is 10.2. The maximum absolute atomic E-state index is 6.04. The average Bonchev–Trinajstić information content (AvgIpc) is 3.11. The fourth-order valence-electron chi connectivity index (χ4n) is 2.97. The molecular weight excluding hydrogens is 438 g/mol. The van der Waals surface area contributed by atoms with Gasteiger partial charge in [-0.25, -0.2) is 4.98 Å². The first-order chi connectivity index (χ1) is 13.7. The molecular formula is C22H19BrClN3O. The Bertz CT molecular complexity index is 1050. The van der Waals surface area contributed by atoms with Crippen LogP contribution in [0.4, 0.5) is 0 Å². The van der Waals surface area contributed by atoms with E-state index in [9.17, 15) is 0 Å². The molecule has 0 aliphatic heterocycles. The Labute approximate surface area is 177 Å². The smallest absolute Gasteiger partial charge is 0.124 e. The number of fused-ring (bicyclic) bond motifs is 1. The summed E-state index contributed by atoms with van der Waals surface area (Å²) in [6.45, 7) is 1.82. The van der Waals surface area contributed by atoms with Gasteiger partial charge in [0.25, 0.3) is 0 Å². The molecule has 0 spiro atoms. The predicted octanol–water partition coefficient (Wildman–Crippen LogP) is 5.85. The van der Waals surface area contributed by atoms with E-state index in [0.29, 0.717) is 19.7 Å². The predicted molar refractivity (Wildman–Crippen MR) is 117 cm³/mol. The Morgan fingerprint density at radius 1 is 1.00 bits per heavy atom. The number of nitrogens with one attached hydrogen (secondary N) is 2. The van der Waals surface area contributed by atoms with Crippen molar-refractivity contribution in [2.45, 2.75) is 19.7 Å². The minimum atomic E-state index is 0.495. The molecule has 6 heteroatoms. The number of imidazole rings is 1. The average molecular weight is 457 g/mol. The van der Waals surface area contributed by atoms with E-state index in [1.807, 2.05) is 60.7 Å². The van der Waals surface area contributed by atoms with Crippen molar-refractivity contribution in [2.75, 3.05) is 0 Å². The monoisotopic (exact) mass is 455 g/mol. The van der Waals surface area contributed by atoms with E-state index in [1.54, 1.807) is 0 Å². The Morgan fingerprint density at radius 2 is 1.82 bits per heavy atom. The van der Waals surface area contributed by atoms with Crippen LogP contribution >= 0.6 is 27.5 Å². The highest BCUT2D eigenvalue weighted by molar-refractivity contribution is 9.10. The summed E-state index contributed by atoms with van der Waals surface area (Å²) in [5, 5.41) is 4.17. The molecule has 1 heterocycles. The van der Waals surface area contributed by atoms with Gasteiger partial charge in [0.15, 0.2) is 0 Å². The number of hydrogen-bond acceptors (Lipinski definition) is 3. The quantitative estimate of drug-likeness (QED) is 0.367. The van der Waals surface area contributed by atoms with E-state index in [2.05, 4.69) is 37.3 Å². The molecule has 3 aromatic carbocycles. The SMILES string of the molecule is Clc1ccc(COc2ccc(Br)cc2CNCc2nc3ccccc3[nH]2)cc1. The number of aromatic amines is 1. The van der Waals surface area contributed by atoms with Crippen LogP contribution in [0.1, 0.15) is 17.0 Å². The normalized spacial score (nSPS) is 11.1. The van der Waals surface area contributed by atoms with E-state index in [-0.39, 0.29) is 0 Å². The number of rotatable bonds is 7. The highest BCUT2D eigenvalue weighted by Gasteiger charge is 2.07. The standard InChI is InChI=1S/C22H19BrClN3O/c23-17-7-10-21(28-14-15-5-8-18(24)9-6-15)16(11-17)12-25-13-22-26-19-3-1-2-4-20(19)27-22/h1-11,25H,12-14H2,(H,26,27). The number of hydrogen-bond donors (Lipinski definition) is 2. The van der Waals surface area contributed by atoms with Gasteiger partial charge in [-0.1, -0.05) is 51.8 Å². The fraction of sp³-hybridized carbons (Fsp3) is 0.136. The molecule has 0 saturated heterocycles. The second-order valence-corrected chi connectivity index (χ2v) is 7.82. The van der Waals surface area contributed by atoms with Crippen molar-refractivity contribution in [1.82, 2.24) is 15.3 Å². The molecule has 0 fully saturated rings. The number of ether oxygens (including phenoxy) is 1. The topological polar surface area (TPSA) is 49.9 Å². The van der Waals surface area contributed by atoms with Crippen LogP contribution in [-0.4, -0.2) is 9.97 Å². The van der Waals surface area contributed by atoms with Crippen LogP contribution in [0.25, 0.3) is 11.0 Å². The van der Waals surface area contributed by atoms with E-state index in [1.165, 1.54) is 0 Å². The van der Waals surface area contributed by atoms with Crippen molar-refractivity contribution in [1.29, 1.82) is 0 Å². The Balaban J connectivity index is 1.40. The van der Waals surface area contributed by atoms with Crippen LogP contribution in [-0.2, 0) is 19.7 Å². The largest absolute Gasteiger partial charge is 0.489 e. The third-order valence-electron chi connectivity index (χ3n) is 4.38. The van der Waals surface area contributed by atoms with Crippen molar-refractivity contribution in [3.8, 4) is 5.75 Å². The number of aromatic nitrogens is 2. The van der Waals surface area contributed by atoms with Gasteiger partial charge in [0.1, 0.15) is 18.2 Å². The molecule has 0 saturated carbocycles. The highest BCUT2D eigenvalue weighted by atomic mass is 79.9. The molecule has 142 valence electrons. The second kappa shape index (κ2) is 8.78. The van der Waals surface area contributed by atoms with Crippen molar-refractivity contribution in [3.05, 3.63) is 93.2 Å². The van der Waals surface area contributed by atoms with Gasteiger partial charge in [0.2, 0.25) is 0 Å². The zero-order chi connectivity index (χ0) is 19.3. The molecule has 0 radical (unpaired) electrons. The van der Waals surface area contributed by atoms with Crippen molar-refractivity contribution < 1.29 is 4.74 Å². The van der Waals surface area contributed by atoms with Crippen LogP contribution in [0.3, 0.4) is 0 Å². The zero-order valence-electron chi connectivity index (χ0n) is 15.1. The van der Waals surface area contributed by atoms with Crippen LogP contribution in [0.15, 0.2) is 71.2 Å². The van der Waals surface area contributed by atoms with E-state index < -0.39 is 0 Å². The summed E-state index contributed by atoms with van der Waals surface area (Å²) in [5.41, 5.74) is 4.19. The van der Waals surface area contributed by atoms with E-state index >= 15 is 0 Å². The number of nitrogens with zero attached hydrogens (tertiary/aromatic N) is 1. The summed E-state index contributed by atoms with van der Waals surface area (Å²) in [6.07, 6.45) is 0. The van der Waals surface area contributed by atoms with Gasteiger partial charge in [-0.15, -0.1) is 0 Å². The van der Waals surface area contributed by atoms with E-state index in [0.717, 1.165) is 43.2 Å². The molecule has 0 atom stereocenters. The van der Waals surface area contributed by atoms with Gasteiger partial charge in [-0.05, 0) is 48.0 Å². The molecule has 0 unspecified atom stereocenters. The minimum Gasteiger partial charge on any atom is -0.489 e. The first kappa shape index (κ1) is 19.0. The van der Waals surface area contributed by atoms with Crippen molar-refractivity contribution in [3.63, 3.8) is 0 Å². The van der Waals surface area contributed by atoms with Gasteiger partial charge in [0, 0.05) is 21.6 Å². The molecule has 1 aromatic heterocycles. The summed E-state index contributed by atoms with van der Waals surface area (Å²) in [4.78, 5) is 7.93. The molecule has 0 amide bonds. The fourth-order valence-corrected chi connectivity index (χ4v) is 3.51. The van der Waals surface area contributed by atoms with Gasteiger partial charge in [-0.2, -0.15) is 0 Å². The molecule has 0 aliphatic rings. The molecule has 4 nitrogen and oxygen atoms in total. The minimum absolute atomic E-state index is 0.495. The Hall–Kier alpha value is -2.34. The van der Waals surface area contributed by atoms with Crippen molar-refractivity contribution in [2.24, 2.45) is 0 Å². The third kappa shape index (κ3) is 4.73. The summed E-state index contributed by atoms with van der Waals surface area (Å²) in [5.74, 6) is 1.77. The third-order valence-corrected chi connectivity index (χ3v) is 5.12. The van der Waals surface area contributed by atoms with Crippen molar-refractivity contribution >= 4 is 38.6 Å². The van der Waals surface area contributed by atoms with Crippen LogP contribution < -0.4 is 10.1 Å². The van der Waals surface area contributed by atoms with Gasteiger partial charge in [-0.3, -0.25) is 0 Å². The summed E-state index contributed by atoms with van der Waals surface area (Å²) in [7, 11) is 0. The summed E-state index contributed by atoms with van der Waals surface area (Å²) in [6, 6.07) is 21.8. The number of benzene rings is 3. The first-order valence-electron chi connectivity index (χ1n) is 8.97. The second-order valence-electron chi connectivity index (χ2n) is 6.47. The number of H-pyrrole nitrogens is 1. The lowest BCUT2D eigenvalue weighted by Gasteiger charge is -2.13. The maximum atomic E-state index is 6.04. The Morgan fingerprint density at radius 3 is 2.64 bits per heavy atom.